The fraction of sp³-hybridized carbons (Fsp3) is 0.756. The van der Waals surface area contributed by atoms with Gasteiger partial charge >= 0.3 is 23.5 Å². The van der Waals surface area contributed by atoms with E-state index in [1.165, 1.54) is 19.3 Å². The molecule has 1 aliphatic heterocycles. The molecule has 15 heteroatoms. The first-order chi connectivity index (χ1) is 26.5. The van der Waals surface area contributed by atoms with Crippen LogP contribution in [0.3, 0.4) is 0 Å². The first-order valence-corrected chi connectivity index (χ1v) is 20.5. The lowest BCUT2D eigenvalue weighted by molar-refractivity contribution is -0.228. The van der Waals surface area contributed by atoms with E-state index < -0.39 is 40.4 Å². The number of nitrogens with one attached hydrogen (secondary N) is 1. The van der Waals surface area contributed by atoms with E-state index in [0.29, 0.717) is 45.1 Å². The average molecular weight is 785 g/mol. The van der Waals surface area contributed by atoms with Gasteiger partial charge in [-0.15, -0.1) is 0 Å². The lowest BCUT2D eigenvalue weighted by Gasteiger charge is -2.64. The highest BCUT2D eigenvalue weighted by Crippen LogP contribution is 2.78. The van der Waals surface area contributed by atoms with Crippen LogP contribution >= 0.6 is 0 Å². The first-order valence-electron chi connectivity index (χ1n) is 20.5. The summed E-state index contributed by atoms with van der Waals surface area (Å²) in [5.41, 5.74) is 8.68. The number of nitrogens with zero attached hydrogens (tertiary/aromatic N) is 1. The molecule has 0 radical (unpaired) electrons. The maximum Gasteiger partial charge on any atom is 0.335 e. The summed E-state index contributed by atoms with van der Waals surface area (Å²) < 4.78 is 23.9. The number of hydrogen-bond donors (Lipinski definition) is 5. The van der Waals surface area contributed by atoms with E-state index in [9.17, 15) is 34.2 Å². The Hall–Kier alpha value is -3.98. The molecule has 6 rings (SSSR count). The molecule has 56 heavy (non-hydrogen) atoms. The van der Waals surface area contributed by atoms with Crippen LogP contribution in [-0.4, -0.2) is 82.1 Å². The van der Waals surface area contributed by atoms with Crippen molar-refractivity contribution in [2.24, 2.45) is 39.1 Å². The number of carboxylic acids is 1. The molecule has 1 saturated heterocycles. The Bertz CT molecular complexity index is 1710. The number of rotatable bonds is 17. The minimum atomic E-state index is -1.10. The van der Waals surface area contributed by atoms with Gasteiger partial charge in [-0.3, -0.25) is 19.4 Å². The number of fused-ring (bicyclic) bond motifs is 3. The molecule has 5 fully saturated rings. The van der Waals surface area contributed by atoms with Crippen molar-refractivity contribution in [1.29, 1.82) is 0 Å². The summed E-state index contributed by atoms with van der Waals surface area (Å²) in [7, 11) is 0. The zero-order valence-electron chi connectivity index (χ0n) is 33.0. The van der Waals surface area contributed by atoms with E-state index in [-0.39, 0.29) is 78.4 Å². The molecule has 7 N–H and O–H groups in total. The normalized spacial score (nSPS) is 35.7. The molecule has 2 heterocycles. The van der Waals surface area contributed by atoms with Gasteiger partial charge in [0.15, 0.2) is 5.96 Å². The number of carboxylic acid groups (broad SMARTS) is 1. The summed E-state index contributed by atoms with van der Waals surface area (Å²) in [6.45, 7) is 6.13. The van der Waals surface area contributed by atoms with Crippen molar-refractivity contribution in [1.82, 2.24) is 5.32 Å². The van der Waals surface area contributed by atoms with Gasteiger partial charge in [-0.05, 0) is 93.1 Å². The quantitative estimate of drug-likeness (QED) is 0.0496. The topological polar surface area (TPSA) is 246 Å². The number of amides is 1. The second-order valence-corrected chi connectivity index (χ2v) is 17.5. The minimum Gasteiger partial charge on any atom is -0.480 e. The highest BCUT2D eigenvalue weighted by molar-refractivity contribution is 5.83. The maximum absolute atomic E-state index is 12.9. The Morgan fingerprint density at radius 3 is 2.32 bits per heavy atom. The summed E-state index contributed by atoms with van der Waals surface area (Å²) in [6, 6.07) is 2.20. The summed E-state index contributed by atoms with van der Waals surface area (Å²) >= 11 is 0. The fourth-order valence-corrected chi connectivity index (χ4v) is 11.5. The van der Waals surface area contributed by atoms with Crippen LogP contribution in [0.5, 0.6) is 0 Å². The number of carbonyl (C=O) groups excluding carboxylic acids is 3. The molecular formula is C41H60N4O11. The number of aliphatic carboxylic acids is 1. The van der Waals surface area contributed by atoms with Crippen LogP contribution in [0.4, 0.5) is 0 Å². The van der Waals surface area contributed by atoms with Gasteiger partial charge in [-0.1, -0.05) is 33.1 Å². The van der Waals surface area contributed by atoms with Crippen molar-refractivity contribution in [3.63, 3.8) is 0 Å². The average Bonchev–Trinajstić information content (AvgIpc) is 3.83. The number of epoxide rings is 1. The molecule has 0 aromatic carbocycles. The zero-order chi connectivity index (χ0) is 40.5. The molecule has 5 aliphatic rings. The third kappa shape index (κ3) is 7.94. The van der Waals surface area contributed by atoms with Crippen LogP contribution in [0.15, 0.2) is 32.6 Å². The largest absolute Gasteiger partial charge is 0.480 e. The van der Waals surface area contributed by atoms with Crippen LogP contribution in [0, 0.1) is 22.7 Å². The van der Waals surface area contributed by atoms with Crippen LogP contribution in [0.1, 0.15) is 135 Å². The molecule has 0 bridgehead atoms. The van der Waals surface area contributed by atoms with E-state index in [1.807, 2.05) is 0 Å². The Kier molecular flexibility index (Phi) is 12.3. The van der Waals surface area contributed by atoms with Crippen molar-refractivity contribution in [3.05, 3.63) is 34.4 Å². The molecule has 4 aliphatic carbocycles. The van der Waals surface area contributed by atoms with Gasteiger partial charge in [0.05, 0.1) is 11.9 Å². The molecule has 15 nitrogen and oxygen atoms in total. The molecule has 1 aromatic rings. The SMILES string of the molecule is CC(=O)O[C@H]1[C@H]2O[C@]23[C@@H]2CC[C@]4(O)C[C@@H](OC(=O)CCCCCCCC(=O)N[C@@H](CCCN=C(N)N)C(=O)O)CC[C@]4(C)[C@H]2CC[C@]3(C)[C@H]1c1ccc(=O)oc1. The van der Waals surface area contributed by atoms with Crippen LogP contribution < -0.4 is 22.4 Å². The lowest BCUT2D eigenvalue weighted by Crippen LogP contribution is -2.65. The van der Waals surface area contributed by atoms with E-state index >= 15 is 0 Å². The van der Waals surface area contributed by atoms with E-state index in [0.717, 1.165) is 50.5 Å². The van der Waals surface area contributed by atoms with Gasteiger partial charge < -0.3 is 45.6 Å². The molecule has 1 spiro atoms. The highest BCUT2D eigenvalue weighted by atomic mass is 16.7. The van der Waals surface area contributed by atoms with Crippen molar-refractivity contribution in [3.8, 4) is 0 Å². The molecule has 0 unspecified atom stereocenters. The Balaban J connectivity index is 0.953. The minimum absolute atomic E-state index is 0.0606. The molecule has 310 valence electrons. The number of esters is 2. The molecule has 1 aromatic heterocycles. The van der Waals surface area contributed by atoms with Crippen molar-refractivity contribution in [2.45, 2.75) is 165 Å². The Labute approximate surface area is 327 Å². The maximum atomic E-state index is 12.9. The van der Waals surface area contributed by atoms with Gasteiger partial charge in [0.2, 0.25) is 5.91 Å². The summed E-state index contributed by atoms with van der Waals surface area (Å²) in [5.74, 6) is -1.97. The molecular weight excluding hydrogens is 724 g/mol. The third-order valence-corrected chi connectivity index (χ3v) is 14.3. The monoisotopic (exact) mass is 784 g/mol. The number of hydrogen-bond acceptors (Lipinski definition) is 11. The van der Waals surface area contributed by atoms with Crippen molar-refractivity contribution < 1.29 is 48.0 Å². The highest BCUT2D eigenvalue weighted by Gasteiger charge is 2.85. The first kappa shape index (κ1) is 41.6. The number of aliphatic hydroxyl groups is 1. The van der Waals surface area contributed by atoms with Crippen LogP contribution in [0.25, 0.3) is 0 Å². The summed E-state index contributed by atoms with van der Waals surface area (Å²) in [5, 5.41) is 24.3. The molecule has 4 saturated carbocycles. The van der Waals surface area contributed by atoms with Gasteiger partial charge in [-0.25, -0.2) is 9.59 Å². The molecule has 11 atom stereocenters. The van der Waals surface area contributed by atoms with Gasteiger partial charge in [0.25, 0.3) is 0 Å². The summed E-state index contributed by atoms with van der Waals surface area (Å²) in [4.78, 5) is 64.7. The number of unbranched alkanes of at least 4 members (excludes halogenated alkanes) is 4. The summed E-state index contributed by atoms with van der Waals surface area (Å²) in [6.07, 6.45) is 10.00. The Morgan fingerprint density at radius 2 is 1.64 bits per heavy atom. The van der Waals surface area contributed by atoms with Gasteiger partial charge in [-0.2, -0.15) is 0 Å². The second-order valence-electron chi connectivity index (χ2n) is 17.5. The predicted molar refractivity (Wildman–Crippen MR) is 203 cm³/mol. The van der Waals surface area contributed by atoms with Crippen LogP contribution in [-0.2, 0) is 33.4 Å². The third-order valence-electron chi connectivity index (χ3n) is 14.3. The number of carbonyl (C=O) groups is 4. The Morgan fingerprint density at radius 1 is 0.946 bits per heavy atom. The van der Waals surface area contributed by atoms with E-state index in [4.69, 9.17) is 30.1 Å². The lowest BCUT2D eigenvalue weighted by atomic mass is 9.42. The number of ether oxygens (including phenoxy) is 3. The predicted octanol–water partition coefficient (Wildman–Crippen LogP) is 3.82. The van der Waals surface area contributed by atoms with Crippen LogP contribution in [0.2, 0.25) is 0 Å². The van der Waals surface area contributed by atoms with Gasteiger partial charge in [0.1, 0.15) is 30.0 Å². The van der Waals surface area contributed by atoms with Crippen molar-refractivity contribution >= 4 is 29.8 Å². The second kappa shape index (κ2) is 16.5. The standard InChI is InChI=1S/C41H60N4O11/c1-24(46)54-34-33(25-13-14-31(48)53-23-25)39(3)19-16-27-28(41(39)35(34)56-41)17-20-40(52)22-26(15-18-38(27,40)2)55-32(49)12-8-6-4-5-7-11-30(47)45-29(36(50)51)10-9-21-44-37(42)43/h13-14,23,26-29,33-35,52H,4-12,15-22H2,1-3H3,(H,45,47)(H,50,51)(H4,42,43,44)/t26-,27-,28+,29-,33-,34+,35+,38+,39+,40-,41+/m0/s1. The van der Waals surface area contributed by atoms with E-state index in [1.54, 1.807) is 6.07 Å². The number of aliphatic imine (C=N–C) groups is 1. The smallest absolute Gasteiger partial charge is 0.335 e. The van der Waals surface area contributed by atoms with Crippen molar-refractivity contribution in [2.75, 3.05) is 6.54 Å². The van der Waals surface area contributed by atoms with E-state index in [2.05, 4.69) is 24.2 Å². The van der Waals surface area contributed by atoms with Gasteiger partial charge in [0, 0.05) is 50.1 Å². The number of nitrogens with two attached hydrogens (primary N) is 2. The zero-order valence-corrected chi connectivity index (χ0v) is 33.0. The fourth-order valence-electron chi connectivity index (χ4n) is 11.5. The molecule has 1 amide bonds. The number of guanidine groups is 1.